The number of rotatable bonds is 3. The molecule has 1 aliphatic heterocycles. The molecule has 0 aliphatic carbocycles. The van der Waals surface area contributed by atoms with Gasteiger partial charge in [-0.3, -0.25) is 9.97 Å². The van der Waals surface area contributed by atoms with E-state index in [9.17, 15) is 0 Å². The van der Waals surface area contributed by atoms with Gasteiger partial charge in [-0.05, 0) is 63.1 Å². The number of hydrazone groups is 1. The van der Waals surface area contributed by atoms with Crippen LogP contribution in [0, 0.1) is 13.8 Å². The summed E-state index contributed by atoms with van der Waals surface area (Å²) >= 11 is 0. The molecule has 2 N–H and O–H groups in total. The van der Waals surface area contributed by atoms with E-state index < -0.39 is 0 Å². The van der Waals surface area contributed by atoms with Crippen molar-refractivity contribution < 1.29 is 0 Å². The van der Waals surface area contributed by atoms with E-state index in [1.165, 1.54) is 0 Å². The molecule has 0 bridgehead atoms. The molecular weight excluding hydrogens is 310 g/mol. The quantitative estimate of drug-likeness (QED) is 0.764. The number of nitrogens with zero attached hydrogens (tertiary/aromatic N) is 3. The molecular formula is C20H21N5. The standard InChI is InChI=1S/C20H21N5/c1-13-5-3-7-15(21-13)17-9-10-18(23-17)20-12-11-19(24-25-20)16-8-4-6-14(2)22-16/h3-10,19,23-24H,11-12H2,1-2H3. The zero-order valence-electron chi connectivity index (χ0n) is 14.5. The second-order valence-electron chi connectivity index (χ2n) is 6.43. The van der Waals surface area contributed by atoms with Crippen LogP contribution in [0.15, 0.2) is 53.6 Å². The average Bonchev–Trinajstić information content (AvgIpc) is 3.12. The highest BCUT2D eigenvalue weighted by Gasteiger charge is 2.20. The van der Waals surface area contributed by atoms with Crippen molar-refractivity contribution in [3.63, 3.8) is 0 Å². The summed E-state index contributed by atoms with van der Waals surface area (Å²) < 4.78 is 0. The minimum absolute atomic E-state index is 0.177. The number of pyridine rings is 2. The van der Waals surface area contributed by atoms with Crippen LogP contribution in [0.5, 0.6) is 0 Å². The van der Waals surface area contributed by atoms with Crippen molar-refractivity contribution in [1.29, 1.82) is 0 Å². The van der Waals surface area contributed by atoms with Crippen molar-refractivity contribution in [2.75, 3.05) is 0 Å². The van der Waals surface area contributed by atoms with E-state index >= 15 is 0 Å². The first-order valence-corrected chi connectivity index (χ1v) is 8.58. The molecule has 4 heterocycles. The van der Waals surface area contributed by atoms with Gasteiger partial charge in [-0.15, -0.1) is 0 Å². The van der Waals surface area contributed by atoms with E-state index in [0.717, 1.165) is 52.7 Å². The Kier molecular flexibility index (Phi) is 4.06. The summed E-state index contributed by atoms with van der Waals surface area (Å²) in [5, 5.41) is 4.59. The smallest absolute Gasteiger partial charge is 0.0867 e. The highest BCUT2D eigenvalue weighted by atomic mass is 15.3. The monoisotopic (exact) mass is 331 g/mol. The molecule has 0 aromatic carbocycles. The third-order valence-electron chi connectivity index (χ3n) is 4.45. The summed E-state index contributed by atoms with van der Waals surface area (Å²) in [5.41, 5.74) is 10.4. The maximum Gasteiger partial charge on any atom is 0.0867 e. The molecule has 0 saturated heterocycles. The van der Waals surface area contributed by atoms with Gasteiger partial charge < -0.3 is 10.4 Å². The number of hydrogen-bond donors (Lipinski definition) is 2. The van der Waals surface area contributed by atoms with Crippen LogP contribution in [0.25, 0.3) is 11.4 Å². The van der Waals surface area contributed by atoms with Crippen molar-refractivity contribution in [1.82, 2.24) is 20.4 Å². The van der Waals surface area contributed by atoms with Gasteiger partial charge in [0.05, 0.1) is 34.5 Å². The lowest BCUT2D eigenvalue weighted by atomic mass is 10.0. The van der Waals surface area contributed by atoms with Gasteiger partial charge in [-0.2, -0.15) is 5.10 Å². The van der Waals surface area contributed by atoms with Gasteiger partial charge in [-0.25, -0.2) is 0 Å². The van der Waals surface area contributed by atoms with Gasteiger partial charge in [-0.1, -0.05) is 12.1 Å². The molecule has 1 aliphatic rings. The predicted molar refractivity (Wildman–Crippen MR) is 99.4 cm³/mol. The summed E-state index contributed by atoms with van der Waals surface area (Å²) in [6, 6.07) is 16.5. The fourth-order valence-corrected chi connectivity index (χ4v) is 3.13. The molecule has 0 saturated carbocycles. The van der Waals surface area contributed by atoms with Crippen LogP contribution < -0.4 is 5.43 Å². The zero-order valence-corrected chi connectivity index (χ0v) is 14.5. The Morgan fingerprint density at radius 3 is 2.36 bits per heavy atom. The van der Waals surface area contributed by atoms with Crippen LogP contribution in [0.3, 0.4) is 0 Å². The fraction of sp³-hybridized carbons (Fsp3) is 0.250. The Balaban J connectivity index is 1.52. The predicted octanol–water partition coefficient (Wildman–Crippen LogP) is 3.92. The highest BCUT2D eigenvalue weighted by molar-refractivity contribution is 5.99. The Morgan fingerprint density at radius 1 is 0.880 bits per heavy atom. The van der Waals surface area contributed by atoms with E-state index in [2.05, 4.69) is 43.7 Å². The lowest BCUT2D eigenvalue weighted by molar-refractivity contribution is 0.492. The molecule has 3 aromatic heterocycles. The zero-order chi connectivity index (χ0) is 17.2. The van der Waals surface area contributed by atoms with Gasteiger partial charge in [0.25, 0.3) is 0 Å². The molecule has 1 atom stereocenters. The third-order valence-corrected chi connectivity index (χ3v) is 4.45. The Labute approximate surface area is 147 Å². The lowest BCUT2D eigenvalue weighted by Gasteiger charge is -2.22. The Bertz CT molecular complexity index is 925. The van der Waals surface area contributed by atoms with Crippen LogP contribution in [0.4, 0.5) is 0 Å². The van der Waals surface area contributed by atoms with Crippen molar-refractivity contribution in [2.24, 2.45) is 5.10 Å². The van der Waals surface area contributed by atoms with E-state index in [1.54, 1.807) is 0 Å². The van der Waals surface area contributed by atoms with E-state index in [4.69, 9.17) is 0 Å². The summed E-state index contributed by atoms with van der Waals surface area (Å²) in [6.07, 6.45) is 1.89. The van der Waals surface area contributed by atoms with Crippen LogP contribution in [0.2, 0.25) is 0 Å². The number of hydrogen-bond acceptors (Lipinski definition) is 4. The summed E-state index contributed by atoms with van der Waals surface area (Å²) in [4.78, 5) is 12.6. The summed E-state index contributed by atoms with van der Waals surface area (Å²) in [7, 11) is 0. The van der Waals surface area contributed by atoms with Crippen LogP contribution in [-0.4, -0.2) is 20.7 Å². The molecule has 0 radical (unpaired) electrons. The van der Waals surface area contributed by atoms with Gasteiger partial charge in [0.2, 0.25) is 0 Å². The summed E-state index contributed by atoms with van der Waals surface area (Å²) in [5.74, 6) is 0. The summed E-state index contributed by atoms with van der Waals surface area (Å²) in [6.45, 7) is 4.02. The first kappa shape index (κ1) is 15.6. The first-order valence-electron chi connectivity index (χ1n) is 8.58. The largest absolute Gasteiger partial charge is 0.352 e. The van der Waals surface area contributed by atoms with Crippen molar-refractivity contribution >= 4 is 5.71 Å². The maximum atomic E-state index is 4.60. The number of aromatic nitrogens is 3. The lowest BCUT2D eigenvalue weighted by Crippen LogP contribution is -2.25. The number of aryl methyl sites for hydroxylation is 2. The Hall–Kier alpha value is -2.95. The van der Waals surface area contributed by atoms with Crippen molar-refractivity contribution in [2.45, 2.75) is 32.7 Å². The minimum Gasteiger partial charge on any atom is -0.352 e. The van der Waals surface area contributed by atoms with Gasteiger partial charge >= 0.3 is 0 Å². The molecule has 0 spiro atoms. The number of H-pyrrole nitrogens is 1. The molecule has 25 heavy (non-hydrogen) atoms. The van der Waals surface area contributed by atoms with Crippen molar-refractivity contribution in [3.8, 4) is 11.4 Å². The SMILES string of the molecule is Cc1cccc(-c2ccc(C3=NNC(c4cccc(C)n4)CC3)[nH]2)n1. The van der Waals surface area contributed by atoms with E-state index in [-0.39, 0.29) is 6.04 Å². The van der Waals surface area contributed by atoms with Gasteiger partial charge in [0.15, 0.2) is 0 Å². The topological polar surface area (TPSA) is 66.0 Å². The first-order chi connectivity index (χ1) is 12.2. The number of nitrogens with one attached hydrogen (secondary N) is 2. The minimum atomic E-state index is 0.177. The second-order valence-corrected chi connectivity index (χ2v) is 6.43. The van der Waals surface area contributed by atoms with Gasteiger partial charge in [0, 0.05) is 11.4 Å². The maximum absolute atomic E-state index is 4.60. The molecule has 5 heteroatoms. The molecule has 1 unspecified atom stereocenters. The molecule has 5 nitrogen and oxygen atoms in total. The van der Waals surface area contributed by atoms with Crippen LogP contribution in [0.1, 0.15) is 41.7 Å². The molecule has 0 fully saturated rings. The van der Waals surface area contributed by atoms with Crippen LogP contribution in [-0.2, 0) is 0 Å². The molecule has 0 amide bonds. The second kappa shape index (κ2) is 6.51. The molecule has 3 aromatic rings. The average molecular weight is 331 g/mol. The van der Waals surface area contributed by atoms with Crippen molar-refractivity contribution in [3.05, 3.63) is 71.3 Å². The fourth-order valence-electron chi connectivity index (χ4n) is 3.13. The van der Waals surface area contributed by atoms with Gasteiger partial charge in [0.1, 0.15) is 0 Å². The Morgan fingerprint density at radius 2 is 1.64 bits per heavy atom. The van der Waals surface area contributed by atoms with Crippen LogP contribution >= 0.6 is 0 Å². The van der Waals surface area contributed by atoms with E-state index in [0.29, 0.717) is 0 Å². The molecule has 126 valence electrons. The van der Waals surface area contributed by atoms with E-state index in [1.807, 2.05) is 44.2 Å². The third kappa shape index (κ3) is 3.31. The number of aromatic amines is 1. The molecule has 4 rings (SSSR count). The highest BCUT2D eigenvalue weighted by Crippen LogP contribution is 2.24. The normalized spacial score (nSPS) is 17.0.